The number of halogens is 6. The molecular formula is C12H12F6N2O3. The number of hydrogen-bond donors (Lipinski definition) is 1. The number of alkyl halides is 6. The first-order valence-electron chi connectivity index (χ1n) is 6.16. The van der Waals surface area contributed by atoms with Crippen LogP contribution in [0, 0.1) is 0 Å². The fourth-order valence-corrected chi connectivity index (χ4v) is 1.35. The molecule has 0 saturated heterocycles. The van der Waals surface area contributed by atoms with Crippen LogP contribution < -0.4 is 10.1 Å². The van der Waals surface area contributed by atoms with E-state index in [0.717, 1.165) is 6.20 Å². The van der Waals surface area contributed by atoms with E-state index in [-0.39, 0.29) is 12.1 Å². The third kappa shape index (κ3) is 8.24. The monoisotopic (exact) mass is 346 g/mol. The van der Waals surface area contributed by atoms with Gasteiger partial charge in [-0.05, 0) is 12.1 Å². The third-order valence-electron chi connectivity index (χ3n) is 2.19. The summed E-state index contributed by atoms with van der Waals surface area (Å²) in [6.45, 7) is -3.76. The lowest BCUT2D eigenvalue weighted by Gasteiger charge is -2.12. The van der Waals surface area contributed by atoms with Crippen LogP contribution >= 0.6 is 0 Å². The summed E-state index contributed by atoms with van der Waals surface area (Å²) in [6.07, 6.45) is -7.95. The van der Waals surface area contributed by atoms with Crippen molar-refractivity contribution in [1.82, 2.24) is 10.3 Å². The van der Waals surface area contributed by atoms with Crippen LogP contribution in [0.1, 0.15) is 10.4 Å². The predicted molar refractivity (Wildman–Crippen MR) is 65.0 cm³/mol. The number of nitrogens with one attached hydrogen (secondary N) is 1. The number of rotatable bonds is 7. The summed E-state index contributed by atoms with van der Waals surface area (Å²) >= 11 is 0. The van der Waals surface area contributed by atoms with E-state index in [2.05, 4.69) is 19.8 Å². The van der Waals surface area contributed by atoms with Gasteiger partial charge in [0.15, 0.2) is 6.61 Å². The molecule has 0 aliphatic carbocycles. The topological polar surface area (TPSA) is 60.5 Å². The van der Waals surface area contributed by atoms with Crippen LogP contribution in [0.4, 0.5) is 26.3 Å². The molecule has 1 heterocycles. The van der Waals surface area contributed by atoms with Crippen molar-refractivity contribution in [2.24, 2.45) is 0 Å². The smallest absolute Gasteiger partial charge is 0.422 e. The Kier molecular flexibility index (Phi) is 6.61. The van der Waals surface area contributed by atoms with Gasteiger partial charge >= 0.3 is 12.4 Å². The van der Waals surface area contributed by atoms with E-state index in [4.69, 9.17) is 0 Å². The third-order valence-corrected chi connectivity index (χ3v) is 2.19. The largest absolute Gasteiger partial charge is 0.467 e. The Labute approximate surface area is 126 Å². The Hall–Kier alpha value is -2.04. The first-order valence-corrected chi connectivity index (χ1v) is 6.16. The molecule has 23 heavy (non-hydrogen) atoms. The van der Waals surface area contributed by atoms with Gasteiger partial charge in [0.05, 0.1) is 6.61 Å². The Morgan fingerprint density at radius 2 is 1.78 bits per heavy atom. The highest BCUT2D eigenvalue weighted by Crippen LogP contribution is 2.20. The number of aromatic nitrogens is 1. The second-order valence-electron chi connectivity index (χ2n) is 4.18. The molecule has 1 rings (SSSR count). The number of hydrogen-bond acceptors (Lipinski definition) is 4. The van der Waals surface area contributed by atoms with E-state index >= 15 is 0 Å². The zero-order valence-electron chi connectivity index (χ0n) is 11.5. The molecule has 0 spiro atoms. The van der Waals surface area contributed by atoms with Gasteiger partial charge in [-0.3, -0.25) is 4.79 Å². The fraction of sp³-hybridized carbons (Fsp3) is 0.500. The molecule has 0 radical (unpaired) electrons. The number of pyridine rings is 1. The lowest BCUT2D eigenvalue weighted by atomic mass is 10.2. The summed E-state index contributed by atoms with van der Waals surface area (Å²) in [5.41, 5.74) is -0.271. The predicted octanol–water partition coefficient (Wildman–Crippen LogP) is 2.33. The number of carbonyl (C=O) groups excluding carboxylic acids is 1. The highest BCUT2D eigenvalue weighted by Gasteiger charge is 2.30. The van der Waals surface area contributed by atoms with Crippen LogP contribution in [0.15, 0.2) is 18.3 Å². The molecule has 0 saturated carbocycles. The molecule has 0 aliphatic rings. The Balaban J connectivity index is 2.50. The van der Waals surface area contributed by atoms with Gasteiger partial charge in [-0.25, -0.2) is 4.98 Å². The molecule has 0 aliphatic heterocycles. The van der Waals surface area contributed by atoms with Crippen LogP contribution in [-0.2, 0) is 4.74 Å². The second kappa shape index (κ2) is 7.99. The normalized spacial score (nSPS) is 12.1. The summed E-state index contributed by atoms with van der Waals surface area (Å²) < 4.78 is 80.4. The van der Waals surface area contributed by atoms with E-state index in [1.54, 1.807) is 0 Å². The molecule has 0 fully saturated rings. The second-order valence-corrected chi connectivity index (χ2v) is 4.18. The summed E-state index contributed by atoms with van der Waals surface area (Å²) in [7, 11) is 0. The van der Waals surface area contributed by atoms with Gasteiger partial charge in [0.25, 0.3) is 5.91 Å². The van der Waals surface area contributed by atoms with Crippen molar-refractivity contribution in [3.8, 4) is 5.88 Å². The van der Waals surface area contributed by atoms with Gasteiger partial charge in [-0.2, -0.15) is 26.3 Å². The quantitative estimate of drug-likeness (QED) is 0.608. The molecule has 1 N–H and O–H groups in total. The first kappa shape index (κ1) is 19.0. The molecule has 0 unspecified atom stereocenters. The molecular weight excluding hydrogens is 334 g/mol. The number of ether oxygens (including phenoxy) is 2. The Bertz CT molecular complexity index is 518. The molecule has 5 nitrogen and oxygen atoms in total. The van der Waals surface area contributed by atoms with Gasteiger partial charge in [-0.15, -0.1) is 0 Å². The molecule has 1 aromatic heterocycles. The molecule has 1 amide bonds. The van der Waals surface area contributed by atoms with E-state index in [1.807, 2.05) is 0 Å². The van der Waals surface area contributed by atoms with Crippen molar-refractivity contribution >= 4 is 5.91 Å². The number of amides is 1. The van der Waals surface area contributed by atoms with Gasteiger partial charge in [-0.1, -0.05) is 0 Å². The van der Waals surface area contributed by atoms with Crippen molar-refractivity contribution in [3.63, 3.8) is 0 Å². The van der Waals surface area contributed by atoms with Crippen molar-refractivity contribution in [3.05, 3.63) is 23.9 Å². The Morgan fingerprint density at radius 3 is 2.39 bits per heavy atom. The van der Waals surface area contributed by atoms with Crippen LogP contribution in [-0.4, -0.2) is 49.6 Å². The highest BCUT2D eigenvalue weighted by atomic mass is 19.4. The minimum atomic E-state index is -4.60. The lowest BCUT2D eigenvalue weighted by molar-refractivity contribution is -0.173. The maximum atomic E-state index is 12.1. The van der Waals surface area contributed by atoms with Crippen LogP contribution in [0.2, 0.25) is 0 Å². The van der Waals surface area contributed by atoms with Crippen LogP contribution in [0.3, 0.4) is 0 Å². The molecule has 130 valence electrons. The summed E-state index contributed by atoms with van der Waals surface area (Å²) in [6, 6.07) is 2.47. The summed E-state index contributed by atoms with van der Waals surface area (Å²) in [4.78, 5) is 15.3. The van der Waals surface area contributed by atoms with E-state index in [9.17, 15) is 31.1 Å². The average molecular weight is 346 g/mol. The molecule has 0 atom stereocenters. The molecule has 1 aromatic rings. The lowest BCUT2D eigenvalue weighted by Crippen LogP contribution is -2.30. The number of carbonyl (C=O) groups is 1. The maximum absolute atomic E-state index is 12.1. The minimum absolute atomic E-state index is 0.261. The minimum Gasteiger partial charge on any atom is -0.467 e. The van der Waals surface area contributed by atoms with Crippen LogP contribution in [0.25, 0.3) is 0 Å². The number of nitrogens with zero attached hydrogens (tertiary/aromatic N) is 1. The van der Waals surface area contributed by atoms with Crippen molar-refractivity contribution in [1.29, 1.82) is 0 Å². The molecule has 11 heteroatoms. The average Bonchev–Trinajstić information content (AvgIpc) is 2.43. The Morgan fingerprint density at radius 1 is 1.13 bits per heavy atom. The zero-order chi connectivity index (χ0) is 17.5. The van der Waals surface area contributed by atoms with E-state index in [1.165, 1.54) is 12.1 Å². The molecule has 0 bridgehead atoms. The maximum Gasteiger partial charge on any atom is 0.422 e. The van der Waals surface area contributed by atoms with Gasteiger partial charge in [0.1, 0.15) is 12.2 Å². The summed E-state index contributed by atoms with van der Waals surface area (Å²) in [5.74, 6) is -1.37. The SMILES string of the molecule is O=C(NCCOCC(F)(F)F)c1cccnc1OCC(F)(F)F. The van der Waals surface area contributed by atoms with Crippen molar-refractivity contribution in [2.75, 3.05) is 26.4 Å². The first-order chi connectivity index (χ1) is 10.6. The fourth-order valence-electron chi connectivity index (χ4n) is 1.35. The van der Waals surface area contributed by atoms with Gasteiger partial charge in [0.2, 0.25) is 5.88 Å². The van der Waals surface area contributed by atoms with Crippen molar-refractivity contribution < 1.29 is 40.6 Å². The van der Waals surface area contributed by atoms with E-state index in [0.29, 0.717) is 0 Å². The standard InChI is InChI=1S/C12H12F6N2O3/c13-11(14,15)6-22-5-4-19-9(21)8-2-1-3-20-10(8)23-7-12(16,17)18/h1-3H,4-7H2,(H,19,21). The van der Waals surface area contributed by atoms with Crippen molar-refractivity contribution in [2.45, 2.75) is 12.4 Å². The van der Waals surface area contributed by atoms with E-state index < -0.39 is 44.0 Å². The molecule has 0 aromatic carbocycles. The van der Waals surface area contributed by atoms with Gasteiger partial charge < -0.3 is 14.8 Å². The van der Waals surface area contributed by atoms with Gasteiger partial charge in [0, 0.05) is 12.7 Å². The highest BCUT2D eigenvalue weighted by molar-refractivity contribution is 5.96. The van der Waals surface area contributed by atoms with Crippen LogP contribution in [0.5, 0.6) is 5.88 Å². The summed E-state index contributed by atoms with van der Waals surface area (Å²) in [5, 5.41) is 2.19. The zero-order valence-corrected chi connectivity index (χ0v) is 11.5.